The summed E-state index contributed by atoms with van der Waals surface area (Å²) in [6, 6.07) is 15.0. The first kappa shape index (κ1) is 13.3. The third-order valence-corrected chi connectivity index (χ3v) is 5.02. The Hall–Kier alpha value is -2.42. The van der Waals surface area contributed by atoms with Gasteiger partial charge in [0.2, 0.25) is 0 Å². The maximum absolute atomic E-state index is 12.8. The van der Waals surface area contributed by atoms with Gasteiger partial charge in [-0.1, -0.05) is 36.4 Å². The summed E-state index contributed by atoms with van der Waals surface area (Å²) in [5.74, 6) is 0.847. The highest BCUT2D eigenvalue weighted by molar-refractivity contribution is 6.17. The van der Waals surface area contributed by atoms with Gasteiger partial charge in [0.25, 0.3) is 0 Å². The zero-order chi connectivity index (χ0) is 15.3. The Morgan fingerprint density at radius 3 is 2.14 bits per heavy atom. The number of fused-ring (bicyclic) bond motifs is 2. The molecule has 22 heavy (non-hydrogen) atoms. The van der Waals surface area contributed by atoms with Gasteiger partial charge >= 0.3 is 0 Å². The normalized spacial score (nSPS) is 26.0. The van der Waals surface area contributed by atoms with Crippen LogP contribution in [0.2, 0.25) is 0 Å². The minimum Gasteiger partial charge on any atom is -0.497 e. The monoisotopic (exact) mass is 292 g/mol. The summed E-state index contributed by atoms with van der Waals surface area (Å²) in [6.45, 7) is 0. The predicted octanol–water partition coefficient (Wildman–Crippen LogP) is 3.49. The molecule has 0 heterocycles. The smallest absolute Gasteiger partial charge is 0.168 e. The zero-order valence-corrected chi connectivity index (χ0v) is 12.3. The summed E-state index contributed by atoms with van der Waals surface area (Å²) in [7, 11) is 1.63. The Bertz CT molecular complexity index is 761. The van der Waals surface area contributed by atoms with Crippen molar-refractivity contribution >= 4 is 11.6 Å². The molecule has 110 valence electrons. The van der Waals surface area contributed by atoms with E-state index >= 15 is 0 Å². The van der Waals surface area contributed by atoms with E-state index in [1.54, 1.807) is 19.2 Å². The summed E-state index contributed by atoms with van der Waals surface area (Å²) in [5, 5.41) is 0. The molecule has 2 aliphatic rings. The lowest BCUT2D eigenvalue weighted by Gasteiger charge is -2.46. The van der Waals surface area contributed by atoms with Crippen molar-refractivity contribution < 1.29 is 14.3 Å². The van der Waals surface area contributed by atoms with Gasteiger partial charge in [-0.15, -0.1) is 0 Å². The van der Waals surface area contributed by atoms with Crippen LogP contribution in [0, 0.1) is 11.8 Å². The van der Waals surface area contributed by atoms with Crippen LogP contribution in [0.4, 0.5) is 0 Å². The second-order valence-corrected chi connectivity index (χ2v) is 6.02. The number of hydrogen-bond acceptors (Lipinski definition) is 3. The first-order valence-corrected chi connectivity index (χ1v) is 7.52. The molecule has 3 nitrogen and oxygen atoms in total. The summed E-state index contributed by atoms with van der Waals surface area (Å²) in [4.78, 5) is 25.3. The fourth-order valence-corrected chi connectivity index (χ4v) is 3.77. The molecule has 2 aliphatic carbocycles. The van der Waals surface area contributed by atoms with Crippen LogP contribution in [-0.2, 0) is 0 Å². The predicted molar refractivity (Wildman–Crippen MR) is 82.4 cm³/mol. The Kier molecular flexibility index (Phi) is 2.89. The molecular formula is C19H16O3. The maximum Gasteiger partial charge on any atom is 0.168 e. The molecule has 2 aromatic rings. The van der Waals surface area contributed by atoms with Crippen molar-refractivity contribution in [3.8, 4) is 5.75 Å². The second-order valence-electron chi connectivity index (χ2n) is 6.02. The van der Waals surface area contributed by atoms with Crippen molar-refractivity contribution in [3.63, 3.8) is 0 Å². The van der Waals surface area contributed by atoms with E-state index in [0.29, 0.717) is 11.1 Å². The van der Waals surface area contributed by atoms with Crippen LogP contribution in [0.1, 0.15) is 38.6 Å². The molecule has 4 rings (SSSR count). The number of methoxy groups -OCH3 is 1. The molecule has 0 radical (unpaired) electrons. The van der Waals surface area contributed by atoms with Crippen LogP contribution in [0.5, 0.6) is 5.75 Å². The maximum atomic E-state index is 12.8. The van der Waals surface area contributed by atoms with Crippen molar-refractivity contribution in [2.24, 2.45) is 11.8 Å². The van der Waals surface area contributed by atoms with E-state index < -0.39 is 0 Å². The molecule has 0 N–H and O–H groups in total. The number of hydrogen-bond donors (Lipinski definition) is 0. The number of rotatable bonds is 2. The van der Waals surface area contributed by atoms with Gasteiger partial charge in [-0.25, -0.2) is 0 Å². The van der Waals surface area contributed by atoms with Crippen molar-refractivity contribution in [2.45, 2.75) is 12.3 Å². The molecular weight excluding hydrogens is 276 g/mol. The van der Waals surface area contributed by atoms with Crippen molar-refractivity contribution in [1.29, 1.82) is 0 Å². The second kappa shape index (κ2) is 4.80. The lowest BCUT2D eigenvalue weighted by atomic mass is 9.55. The number of ketones is 2. The van der Waals surface area contributed by atoms with Gasteiger partial charge in [0, 0.05) is 23.0 Å². The lowest BCUT2D eigenvalue weighted by molar-refractivity contribution is 0.0514. The number of benzene rings is 2. The van der Waals surface area contributed by atoms with Crippen molar-refractivity contribution in [1.82, 2.24) is 0 Å². The summed E-state index contributed by atoms with van der Waals surface area (Å²) in [6.07, 6.45) is 0.760. The van der Waals surface area contributed by atoms with E-state index in [9.17, 15) is 9.59 Å². The molecule has 1 saturated carbocycles. The minimum atomic E-state index is -0.198. The SMILES string of the molecule is COc1ccc([C@H]2C[C@H]3C(=O)c4ccccc4C(=O)[C@@H]23)cc1. The van der Waals surface area contributed by atoms with Crippen LogP contribution in [0.15, 0.2) is 48.5 Å². The van der Waals surface area contributed by atoms with Gasteiger partial charge in [-0.2, -0.15) is 0 Å². The molecule has 3 atom stereocenters. The number of carbonyl (C=O) groups is 2. The molecule has 0 unspecified atom stereocenters. The van der Waals surface area contributed by atoms with E-state index in [1.807, 2.05) is 36.4 Å². The van der Waals surface area contributed by atoms with E-state index in [4.69, 9.17) is 4.74 Å². The van der Waals surface area contributed by atoms with Crippen LogP contribution >= 0.6 is 0 Å². The first-order chi connectivity index (χ1) is 10.7. The van der Waals surface area contributed by atoms with Gasteiger partial charge in [0.1, 0.15) is 5.75 Å². The highest BCUT2D eigenvalue weighted by Gasteiger charge is 2.53. The fourth-order valence-electron chi connectivity index (χ4n) is 3.77. The molecule has 0 aromatic heterocycles. The molecule has 0 bridgehead atoms. The first-order valence-electron chi connectivity index (χ1n) is 7.52. The van der Waals surface area contributed by atoms with Gasteiger partial charge < -0.3 is 4.74 Å². The number of Topliss-reactive ketones (excluding diaryl/α,β-unsaturated/α-hetero) is 2. The Morgan fingerprint density at radius 1 is 0.864 bits per heavy atom. The van der Waals surface area contributed by atoms with E-state index in [2.05, 4.69) is 0 Å². The molecule has 0 amide bonds. The summed E-state index contributed by atoms with van der Waals surface area (Å²) < 4.78 is 5.17. The van der Waals surface area contributed by atoms with Crippen LogP contribution < -0.4 is 4.74 Å². The largest absolute Gasteiger partial charge is 0.497 e. The molecule has 3 heteroatoms. The molecule has 0 saturated heterocycles. The number of ether oxygens (including phenoxy) is 1. The molecule has 0 spiro atoms. The van der Waals surface area contributed by atoms with Gasteiger partial charge in [-0.05, 0) is 30.0 Å². The number of carbonyl (C=O) groups excluding carboxylic acids is 2. The van der Waals surface area contributed by atoms with Crippen LogP contribution in [-0.4, -0.2) is 18.7 Å². The van der Waals surface area contributed by atoms with E-state index in [1.165, 1.54) is 0 Å². The molecule has 2 aromatic carbocycles. The third kappa shape index (κ3) is 1.75. The third-order valence-electron chi connectivity index (χ3n) is 5.02. The molecule has 0 aliphatic heterocycles. The summed E-state index contributed by atoms with van der Waals surface area (Å²) in [5.41, 5.74) is 2.30. The highest BCUT2D eigenvalue weighted by atomic mass is 16.5. The Balaban J connectivity index is 1.69. The standard InChI is InChI=1S/C19H16O3/c1-22-12-8-6-11(7-9-12)15-10-16-17(15)19(21)14-5-3-2-4-13(14)18(16)20/h2-9,15-17H,10H2,1H3/t15-,16-,17+/m1/s1. The fraction of sp³-hybridized carbons (Fsp3) is 0.263. The van der Waals surface area contributed by atoms with E-state index in [-0.39, 0.29) is 29.3 Å². The van der Waals surface area contributed by atoms with Gasteiger partial charge in [0.15, 0.2) is 11.6 Å². The highest BCUT2D eigenvalue weighted by Crippen LogP contribution is 2.52. The summed E-state index contributed by atoms with van der Waals surface area (Å²) >= 11 is 0. The topological polar surface area (TPSA) is 43.4 Å². The van der Waals surface area contributed by atoms with Crippen LogP contribution in [0.25, 0.3) is 0 Å². The van der Waals surface area contributed by atoms with Gasteiger partial charge in [-0.3, -0.25) is 9.59 Å². The lowest BCUT2D eigenvalue weighted by Crippen LogP contribution is -2.48. The van der Waals surface area contributed by atoms with Crippen molar-refractivity contribution in [2.75, 3.05) is 7.11 Å². The van der Waals surface area contributed by atoms with E-state index in [0.717, 1.165) is 17.7 Å². The quantitative estimate of drug-likeness (QED) is 0.851. The van der Waals surface area contributed by atoms with Crippen molar-refractivity contribution in [3.05, 3.63) is 65.2 Å². The van der Waals surface area contributed by atoms with Gasteiger partial charge in [0.05, 0.1) is 7.11 Å². The zero-order valence-electron chi connectivity index (χ0n) is 12.3. The average Bonchev–Trinajstić information content (AvgIpc) is 2.53. The Labute approximate surface area is 128 Å². The molecule has 1 fully saturated rings. The van der Waals surface area contributed by atoms with Crippen LogP contribution in [0.3, 0.4) is 0 Å². The Morgan fingerprint density at radius 2 is 1.50 bits per heavy atom. The average molecular weight is 292 g/mol. The minimum absolute atomic E-state index is 0.118.